The summed E-state index contributed by atoms with van der Waals surface area (Å²) in [4.78, 5) is 37.1. The molecule has 0 aliphatic rings. The Bertz CT molecular complexity index is 1440. The fourth-order valence-electron chi connectivity index (χ4n) is 3.93. The van der Waals surface area contributed by atoms with Crippen LogP contribution in [-0.2, 0) is 9.59 Å². The van der Waals surface area contributed by atoms with Gasteiger partial charge in [0.2, 0.25) is 17.8 Å². The van der Waals surface area contributed by atoms with E-state index in [4.69, 9.17) is 16.3 Å². The number of rotatable bonds is 12. The lowest BCUT2D eigenvalue weighted by Gasteiger charge is -2.26. The second kappa shape index (κ2) is 13.8. The Kier molecular flexibility index (Phi) is 10.5. The van der Waals surface area contributed by atoms with Crippen LogP contribution in [0.5, 0.6) is 5.75 Å². The van der Waals surface area contributed by atoms with Gasteiger partial charge in [-0.2, -0.15) is 4.98 Å². The van der Waals surface area contributed by atoms with Crippen LogP contribution < -0.4 is 30.9 Å². The summed E-state index contributed by atoms with van der Waals surface area (Å²) in [6.45, 7) is 10.4. The maximum atomic E-state index is 12.3. The van der Waals surface area contributed by atoms with Gasteiger partial charge in [-0.25, -0.2) is 4.98 Å². The number of hydrogen-bond donors (Lipinski definition) is 4. The molecule has 0 fully saturated rings. The molecule has 4 N–H and O–H groups in total. The number of nitrogens with zero attached hydrogens (tertiary/aromatic N) is 4. The summed E-state index contributed by atoms with van der Waals surface area (Å²) >= 11 is 6.45. The summed E-state index contributed by atoms with van der Waals surface area (Å²) in [6, 6.07) is 7.38. The zero-order valence-electron chi connectivity index (χ0n) is 24.5. The number of hydrogen-bond acceptors (Lipinski definition) is 9. The number of anilines is 7. The normalized spacial score (nSPS) is 10.7. The van der Waals surface area contributed by atoms with E-state index in [1.165, 1.54) is 19.2 Å². The van der Waals surface area contributed by atoms with Gasteiger partial charge in [-0.3, -0.25) is 9.59 Å². The van der Waals surface area contributed by atoms with Gasteiger partial charge in [-0.15, -0.1) is 0 Å². The van der Waals surface area contributed by atoms with Crippen molar-refractivity contribution in [2.24, 2.45) is 0 Å². The van der Waals surface area contributed by atoms with Crippen molar-refractivity contribution in [3.63, 3.8) is 0 Å². The Hall–Kier alpha value is -4.35. The van der Waals surface area contributed by atoms with Gasteiger partial charge in [0.25, 0.3) is 0 Å². The number of aryl methyl sites for hydroxylation is 1. The highest BCUT2D eigenvalue weighted by Gasteiger charge is 2.18. The molecule has 2 aromatic carbocycles. The average Bonchev–Trinajstić information content (AvgIpc) is 2.93. The van der Waals surface area contributed by atoms with Crippen LogP contribution >= 0.6 is 11.6 Å². The molecule has 2 amide bonds. The van der Waals surface area contributed by atoms with Crippen molar-refractivity contribution in [2.75, 3.05) is 67.5 Å². The van der Waals surface area contributed by atoms with E-state index in [1.807, 2.05) is 58.1 Å². The third-order valence-electron chi connectivity index (χ3n) is 6.34. The summed E-state index contributed by atoms with van der Waals surface area (Å²) in [5.74, 6) is 0.539. The lowest BCUT2D eigenvalue weighted by atomic mass is 10.1. The molecule has 12 heteroatoms. The van der Waals surface area contributed by atoms with Crippen LogP contribution in [0.2, 0.25) is 5.02 Å². The summed E-state index contributed by atoms with van der Waals surface area (Å²) < 4.78 is 5.68. The molecule has 3 aromatic rings. The van der Waals surface area contributed by atoms with Crippen LogP contribution in [0.1, 0.15) is 18.1 Å². The van der Waals surface area contributed by atoms with Gasteiger partial charge in [0.05, 0.1) is 41.7 Å². The Morgan fingerprint density at radius 1 is 1.05 bits per heavy atom. The maximum absolute atomic E-state index is 12.3. The van der Waals surface area contributed by atoms with Gasteiger partial charge in [0.1, 0.15) is 10.8 Å². The van der Waals surface area contributed by atoms with E-state index < -0.39 is 0 Å². The van der Waals surface area contributed by atoms with Crippen LogP contribution in [0.15, 0.2) is 43.1 Å². The lowest BCUT2D eigenvalue weighted by Crippen LogP contribution is -2.29. The Labute approximate surface area is 245 Å². The van der Waals surface area contributed by atoms with Crippen molar-refractivity contribution in [3.05, 3.63) is 59.3 Å². The van der Waals surface area contributed by atoms with E-state index in [0.29, 0.717) is 40.9 Å². The SMILES string of the molecule is C=CC(=O)Nc1cc(Nc2ncc(Cl)c(Nc3ccc(C)c(C)c3NC(C)=O)n2)c(OC)cc1N(C)CCN(C)C. The molecule has 0 atom stereocenters. The van der Waals surface area contributed by atoms with Gasteiger partial charge in [-0.1, -0.05) is 24.2 Å². The molecular weight excluding hydrogens is 544 g/mol. The van der Waals surface area contributed by atoms with E-state index in [-0.39, 0.29) is 22.8 Å². The van der Waals surface area contributed by atoms with Gasteiger partial charge in [0, 0.05) is 33.1 Å². The smallest absolute Gasteiger partial charge is 0.247 e. The highest BCUT2D eigenvalue weighted by atomic mass is 35.5. The molecule has 1 heterocycles. The van der Waals surface area contributed by atoms with Crippen LogP contribution in [-0.4, -0.2) is 68.0 Å². The van der Waals surface area contributed by atoms with Crippen LogP contribution in [0.25, 0.3) is 0 Å². The first-order valence-electron chi connectivity index (χ1n) is 12.9. The van der Waals surface area contributed by atoms with Crippen molar-refractivity contribution in [1.29, 1.82) is 0 Å². The molecule has 0 bridgehead atoms. The molecule has 3 rings (SSSR count). The number of amides is 2. The van der Waals surface area contributed by atoms with E-state index >= 15 is 0 Å². The predicted octanol–water partition coefficient (Wildman–Crippen LogP) is 5.32. The van der Waals surface area contributed by atoms with Crippen LogP contribution in [0, 0.1) is 13.8 Å². The summed E-state index contributed by atoms with van der Waals surface area (Å²) in [5, 5.41) is 12.4. The fraction of sp³-hybridized carbons (Fsp3) is 0.310. The Morgan fingerprint density at radius 2 is 1.78 bits per heavy atom. The number of benzene rings is 2. The molecule has 0 unspecified atom stereocenters. The third-order valence-corrected chi connectivity index (χ3v) is 6.61. The molecular formula is C29H37ClN8O3. The zero-order chi connectivity index (χ0) is 30.3. The zero-order valence-corrected chi connectivity index (χ0v) is 25.2. The second-order valence-electron chi connectivity index (χ2n) is 9.74. The van der Waals surface area contributed by atoms with Crippen LogP contribution in [0.3, 0.4) is 0 Å². The van der Waals surface area contributed by atoms with Gasteiger partial charge in [-0.05, 0) is 57.3 Å². The van der Waals surface area contributed by atoms with E-state index in [2.05, 4.69) is 42.7 Å². The maximum Gasteiger partial charge on any atom is 0.247 e. The number of ether oxygens (including phenoxy) is 1. The topological polar surface area (TPSA) is 124 Å². The summed E-state index contributed by atoms with van der Waals surface area (Å²) in [5.41, 5.74) is 5.06. The highest BCUT2D eigenvalue weighted by Crippen LogP contribution is 2.38. The number of halogens is 1. The largest absolute Gasteiger partial charge is 0.494 e. The van der Waals surface area contributed by atoms with Crippen LogP contribution in [0.4, 0.5) is 40.2 Å². The molecule has 218 valence electrons. The van der Waals surface area contributed by atoms with Gasteiger partial charge < -0.3 is 35.8 Å². The number of likely N-dealkylation sites (N-methyl/N-ethyl adjacent to an activating group) is 2. The van der Waals surface area contributed by atoms with E-state index in [1.54, 1.807) is 13.2 Å². The summed E-state index contributed by atoms with van der Waals surface area (Å²) in [6.07, 6.45) is 2.68. The van der Waals surface area contributed by atoms with Gasteiger partial charge in [0.15, 0.2) is 5.82 Å². The number of methoxy groups -OCH3 is 1. The Morgan fingerprint density at radius 3 is 2.41 bits per heavy atom. The van der Waals surface area contributed by atoms with Crippen molar-refractivity contribution in [2.45, 2.75) is 20.8 Å². The molecule has 0 saturated heterocycles. The fourth-order valence-corrected chi connectivity index (χ4v) is 4.06. The van der Waals surface area contributed by atoms with Crippen molar-refractivity contribution in [1.82, 2.24) is 14.9 Å². The number of nitrogens with one attached hydrogen (secondary N) is 4. The first kappa shape index (κ1) is 31.2. The summed E-state index contributed by atoms with van der Waals surface area (Å²) in [7, 11) is 7.50. The molecule has 41 heavy (non-hydrogen) atoms. The first-order valence-corrected chi connectivity index (χ1v) is 13.3. The molecule has 0 aliphatic heterocycles. The van der Waals surface area contributed by atoms with Gasteiger partial charge >= 0.3 is 0 Å². The Balaban J connectivity index is 1.99. The monoisotopic (exact) mass is 580 g/mol. The molecule has 0 aliphatic carbocycles. The van der Waals surface area contributed by atoms with E-state index in [0.717, 1.165) is 23.4 Å². The number of aromatic nitrogens is 2. The predicted molar refractivity (Wildman–Crippen MR) is 167 cm³/mol. The molecule has 0 radical (unpaired) electrons. The minimum absolute atomic E-state index is 0.194. The molecule has 0 saturated carbocycles. The minimum Gasteiger partial charge on any atom is -0.494 e. The molecule has 11 nitrogen and oxygen atoms in total. The third kappa shape index (κ3) is 8.09. The average molecular weight is 581 g/mol. The quantitative estimate of drug-likeness (QED) is 0.211. The standard InChI is InChI=1S/C29H37ClN8O3/c1-9-26(40)33-22-14-23(25(41-8)15-24(22)38(7)13-12-37(5)6)35-29-31-16-20(30)28(36-29)34-21-11-10-17(2)18(3)27(21)32-19(4)39/h9-11,14-16H,1,12-13H2,2-8H3,(H,32,39)(H,33,40)(H2,31,34,35,36). The molecule has 1 aromatic heterocycles. The van der Waals surface area contributed by atoms with Crippen molar-refractivity contribution >= 4 is 63.6 Å². The molecule has 0 spiro atoms. The second-order valence-corrected chi connectivity index (χ2v) is 10.1. The van der Waals surface area contributed by atoms with E-state index in [9.17, 15) is 9.59 Å². The number of carbonyl (C=O) groups is 2. The van der Waals surface area contributed by atoms with Crippen molar-refractivity contribution < 1.29 is 14.3 Å². The lowest BCUT2D eigenvalue weighted by molar-refractivity contribution is -0.114. The van der Waals surface area contributed by atoms with Crippen molar-refractivity contribution in [3.8, 4) is 5.75 Å². The first-order chi connectivity index (χ1) is 19.4. The number of carbonyl (C=O) groups excluding carboxylic acids is 2. The minimum atomic E-state index is -0.346. The highest BCUT2D eigenvalue weighted by molar-refractivity contribution is 6.33.